The van der Waals surface area contributed by atoms with Crippen LogP contribution in [-0.4, -0.2) is 19.9 Å². The largest absolute Gasteiger partial charge is 0.433 e. The topological polar surface area (TPSA) is 63.6 Å². The monoisotopic (exact) mass is 365 g/mol. The van der Waals surface area contributed by atoms with E-state index < -0.39 is 11.9 Å². The van der Waals surface area contributed by atoms with E-state index in [-0.39, 0.29) is 23.4 Å². The molecule has 0 spiro atoms. The molecule has 3 heterocycles. The number of alkyl halides is 3. The Morgan fingerprint density at radius 2 is 1.96 bits per heavy atom. The van der Waals surface area contributed by atoms with E-state index in [4.69, 9.17) is 0 Å². The van der Waals surface area contributed by atoms with Gasteiger partial charge in [-0.2, -0.15) is 13.2 Å². The second-order valence-corrected chi connectivity index (χ2v) is 6.62. The standard InChI is InChI=1S/C16H14F3N5S/c1-9-8-21-15(25-9)10(2)22-13-7-12(16(17,18)19)23-14(24-13)11-5-3-4-6-20-11/h3-8,10H,1-2H3,(H,22,23,24). The number of rotatable bonds is 4. The molecule has 3 aromatic rings. The Kier molecular flexibility index (Phi) is 4.67. The molecule has 0 aliphatic heterocycles. The smallest absolute Gasteiger partial charge is 0.361 e. The molecule has 0 saturated carbocycles. The Balaban J connectivity index is 1.98. The van der Waals surface area contributed by atoms with Gasteiger partial charge in [0, 0.05) is 23.3 Å². The van der Waals surface area contributed by atoms with E-state index in [2.05, 4.69) is 25.3 Å². The maximum absolute atomic E-state index is 13.2. The predicted octanol–water partition coefficient (Wildman–Crippen LogP) is 4.50. The van der Waals surface area contributed by atoms with Crippen molar-refractivity contribution in [2.75, 3.05) is 5.32 Å². The van der Waals surface area contributed by atoms with Gasteiger partial charge in [0.15, 0.2) is 11.5 Å². The summed E-state index contributed by atoms with van der Waals surface area (Å²) in [7, 11) is 0. The molecule has 0 bridgehead atoms. The minimum Gasteiger partial charge on any atom is -0.361 e. The molecule has 0 saturated heterocycles. The van der Waals surface area contributed by atoms with Crippen molar-refractivity contribution < 1.29 is 13.2 Å². The Morgan fingerprint density at radius 3 is 2.56 bits per heavy atom. The fraction of sp³-hybridized carbons (Fsp3) is 0.250. The molecule has 130 valence electrons. The van der Waals surface area contributed by atoms with Gasteiger partial charge in [0.25, 0.3) is 0 Å². The van der Waals surface area contributed by atoms with Crippen LogP contribution >= 0.6 is 11.3 Å². The molecule has 1 unspecified atom stereocenters. The minimum atomic E-state index is -4.58. The van der Waals surface area contributed by atoms with E-state index in [1.807, 2.05) is 13.8 Å². The van der Waals surface area contributed by atoms with Crippen LogP contribution in [0.5, 0.6) is 0 Å². The van der Waals surface area contributed by atoms with Gasteiger partial charge in [-0.3, -0.25) is 4.98 Å². The van der Waals surface area contributed by atoms with Crippen molar-refractivity contribution in [2.24, 2.45) is 0 Å². The molecule has 0 radical (unpaired) electrons. The third-order valence-corrected chi connectivity index (χ3v) is 4.38. The lowest BCUT2D eigenvalue weighted by molar-refractivity contribution is -0.141. The Bertz CT molecular complexity index is 864. The van der Waals surface area contributed by atoms with Crippen molar-refractivity contribution in [3.63, 3.8) is 0 Å². The summed E-state index contributed by atoms with van der Waals surface area (Å²) in [5.41, 5.74) is -0.748. The number of nitrogens with zero attached hydrogens (tertiary/aromatic N) is 4. The van der Waals surface area contributed by atoms with Gasteiger partial charge < -0.3 is 5.32 Å². The highest BCUT2D eigenvalue weighted by atomic mass is 32.1. The van der Waals surface area contributed by atoms with Gasteiger partial charge in [0.2, 0.25) is 0 Å². The van der Waals surface area contributed by atoms with Gasteiger partial charge in [0.05, 0.1) is 6.04 Å². The molecule has 0 aliphatic carbocycles. The molecule has 0 aliphatic rings. The number of aryl methyl sites for hydroxylation is 1. The normalized spacial score (nSPS) is 12.8. The lowest BCUT2D eigenvalue weighted by atomic mass is 10.3. The molecule has 0 fully saturated rings. The van der Waals surface area contributed by atoms with E-state index in [0.717, 1.165) is 16.0 Å². The van der Waals surface area contributed by atoms with Gasteiger partial charge in [-0.25, -0.2) is 15.0 Å². The SMILES string of the molecule is Cc1cnc(C(C)Nc2cc(C(F)(F)F)nc(-c3ccccn3)n2)s1. The minimum absolute atomic E-state index is 0.0725. The van der Waals surface area contributed by atoms with Gasteiger partial charge in [-0.15, -0.1) is 11.3 Å². The average molecular weight is 365 g/mol. The summed E-state index contributed by atoms with van der Waals surface area (Å²) in [4.78, 5) is 17.1. The Labute approximate surface area is 146 Å². The summed E-state index contributed by atoms with van der Waals surface area (Å²) in [5.74, 6) is -0.0104. The highest BCUT2D eigenvalue weighted by Crippen LogP contribution is 2.31. The summed E-state index contributed by atoms with van der Waals surface area (Å²) in [6.45, 7) is 3.73. The molecular weight excluding hydrogens is 351 g/mol. The number of nitrogens with one attached hydrogen (secondary N) is 1. The van der Waals surface area contributed by atoms with Crippen LogP contribution in [0.1, 0.15) is 28.5 Å². The first-order valence-electron chi connectivity index (χ1n) is 7.39. The number of hydrogen-bond acceptors (Lipinski definition) is 6. The molecule has 3 aromatic heterocycles. The first-order chi connectivity index (χ1) is 11.8. The van der Waals surface area contributed by atoms with E-state index >= 15 is 0 Å². The lowest BCUT2D eigenvalue weighted by Gasteiger charge is -2.15. The second kappa shape index (κ2) is 6.75. The van der Waals surface area contributed by atoms with Crippen LogP contribution in [0.3, 0.4) is 0 Å². The van der Waals surface area contributed by atoms with Gasteiger partial charge in [-0.05, 0) is 26.0 Å². The summed E-state index contributed by atoms with van der Waals surface area (Å²) in [6, 6.07) is 5.51. The molecular formula is C16H14F3N5S. The quantitative estimate of drug-likeness (QED) is 0.738. The van der Waals surface area contributed by atoms with Crippen molar-refractivity contribution in [1.29, 1.82) is 0 Å². The first kappa shape index (κ1) is 17.3. The van der Waals surface area contributed by atoms with Crippen LogP contribution in [0.15, 0.2) is 36.7 Å². The van der Waals surface area contributed by atoms with E-state index in [9.17, 15) is 13.2 Å². The number of thiazole rings is 1. The lowest BCUT2D eigenvalue weighted by Crippen LogP contribution is -2.14. The summed E-state index contributed by atoms with van der Waals surface area (Å²) < 4.78 is 39.5. The zero-order valence-electron chi connectivity index (χ0n) is 13.4. The average Bonchev–Trinajstić information content (AvgIpc) is 3.01. The van der Waals surface area contributed by atoms with Crippen LogP contribution in [-0.2, 0) is 6.18 Å². The van der Waals surface area contributed by atoms with Gasteiger partial charge >= 0.3 is 6.18 Å². The number of halogens is 3. The number of aromatic nitrogens is 4. The van der Waals surface area contributed by atoms with Crippen LogP contribution in [0, 0.1) is 6.92 Å². The maximum atomic E-state index is 13.2. The van der Waals surface area contributed by atoms with Crippen LogP contribution < -0.4 is 5.32 Å². The fourth-order valence-corrected chi connectivity index (χ4v) is 2.91. The van der Waals surface area contributed by atoms with Crippen LogP contribution in [0.2, 0.25) is 0 Å². The van der Waals surface area contributed by atoms with Crippen molar-refractivity contribution in [1.82, 2.24) is 19.9 Å². The van der Waals surface area contributed by atoms with E-state index in [0.29, 0.717) is 0 Å². The van der Waals surface area contributed by atoms with E-state index in [1.165, 1.54) is 17.5 Å². The first-order valence-corrected chi connectivity index (χ1v) is 8.21. The highest BCUT2D eigenvalue weighted by molar-refractivity contribution is 7.11. The third kappa shape index (κ3) is 4.11. The molecule has 1 atom stereocenters. The zero-order chi connectivity index (χ0) is 18.0. The molecule has 0 amide bonds. The number of pyridine rings is 1. The fourth-order valence-electron chi connectivity index (χ4n) is 2.13. The highest BCUT2D eigenvalue weighted by Gasteiger charge is 2.34. The number of hydrogen-bond donors (Lipinski definition) is 1. The summed E-state index contributed by atoms with van der Waals surface area (Å²) >= 11 is 1.47. The van der Waals surface area contributed by atoms with Gasteiger partial charge in [0.1, 0.15) is 16.5 Å². The van der Waals surface area contributed by atoms with Gasteiger partial charge in [-0.1, -0.05) is 6.07 Å². The summed E-state index contributed by atoms with van der Waals surface area (Å²) in [6.07, 6.45) is -1.38. The van der Waals surface area contributed by atoms with E-state index in [1.54, 1.807) is 24.4 Å². The Morgan fingerprint density at radius 1 is 1.16 bits per heavy atom. The number of anilines is 1. The zero-order valence-corrected chi connectivity index (χ0v) is 14.2. The summed E-state index contributed by atoms with van der Waals surface area (Å²) in [5, 5.41) is 3.73. The molecule has 3 rings (SSSR count). The molecule has 25 heavy (non-hydrogen) atoms. The molecule has 1 N–H and O–H groups in total. The molecule has 0 aromatic carbocycles. The molecule has 5 nitrogen and oxygen atoms in total. The second-order valence-electron chi connectivity index (χ2n) is 5.35. The molecule has 9 heteroatoms. The third-order valence-electron chi connectivity index (χ3n) is 3.28. The van der Waals surface area contributed by atoms with Crippen molar-refractivity contribution >= 4 is 17.2 Å². The maximum Gasteiger partial charge on any atom is 0.433 e. The van der Waals surface area contributed by atoms with Crippen molar-refractivity contribution in [3.8, 4) is 11.5 Å². The van der Waals surface area contributed by atoms with Crippen LogP contribution in [0.4, 0.5) is 19.0 Å². The van der Waals surface area contributed by atoms with Crippen molar-refractivity contribution in [2.45, 2.75) is 26.1 Å². The predicted molar refractivity (Wildman–Crippen MR) is 89.2 cm³/mol. The Hall–Kier alpha value is -2.55. The van der Waals surface area contributed by atoms with Crippen LogP contribution in [0.25, 0.3) is 11.5 Å². The van der Waals surface area contributed by atoms with Crippen molar-refractivity contribution in [3.05, 3.63) is 52.2 Å².